The third-order valence-corrected chi connectivity index (χ3v) is 3.80. The molecule has 1 saturated carbocycles. The highest BCUT2D eigenvalue weighted by Gasteiger charge is 2.24. The van der Waals surface area contributed by atoms with E-state index < -0.39 is 0 Å². The number of aromatic amines is 1. The van der Waals surface area contributed by atoms with Crippen LogP contribution >= 0.6 is 0 Å². The molecule has 0 aromatic carbocycles. The summed E-state index contributed by atoms with van der Waals surface area (Å²) in [6, 6.07) is 0.517. The third-order valence-electron chi connectivity index (χ3n) is 3.80. The number of H-pyrrole nitrogens is 1. The van der Waals surface area contributed by atoms with E-state index in [9.17, 15) is 4.79 Å². The Bertz CT molecular complexity index is 427. The van der Waals surface area contributed by atoms with Gasteiger partial charge in [0.05, 0.1) is 24.8 Å². The predicted octanol–water partition coefficient (Wildman–Crippen LogP) is 1.75. The number of ether oxygens (including phenoxy) is 1. The highest BCUT2D eigenvalue weighted by atomic mass is 16.5. The van der Waals surface area contributed by atoms with Crippen LogP contribution < -0.4 is 5.56 Å². The Morgan fingerprint density at radius 3 is 2.88 bits per heavy atom. The van der Waals surface area contributed by atoms with Crippen molar-refractivity contribution in [2.45, 2.75) is 51.2 Å². The smallest absolute Gasteiger partial charge is 0.269 e. The average molecular weight is 222 g/mol. The van der Waals surface area contributed by atoms with Crippen LogP contribution in [0.1, 0.15) is 49.4 Å². The average Bonchev–Trinajstić information content (AvgIpc) is 2.69. The molecule has 88 valence electrons. The van der Waals surface area contributed by atoms with E-state index in [0.29, 0.717) is 12.6 Å². The van der Waals surface area contributed by atoms with Gasteiger partial charge >= 0.3 is 0 Å². The van der Waals surface area contributed by atoms with Crippen LogP contribution in [-0.2, 0) is 17.8 Å². The largest absolute Gasteiger partial charge is 0.376 e. The molecule has 2 heterocycles. The molecule has 0 atom stereocenters. The van der Waals surface area contributed by atoms with Crippen LogP contribution in [0.4, 0.5) is 0 Å². The molecule has 2 aliphatic rings. The number of aromatic nitrogens is 2. The summed E-state index contributed by atoms with van der Waals surface area (Å²) in [5.41, 5.74) is 2.11. The van der Waals surface area contributed by atoms with E-state index in [2.05, 4.69) is 9.78 Å². The van der Waals surface area contributed by atoms with Gasteiger partial charge in [-0.3, -0.25) is 14.6 Å². The maximum atomic E-state index is 11.8. The number of nitrogens with one attached hydrogen (secondary N) is 1. The van der Waals surface area contributed by atoms with Crippen molar-refractivity contribution in [3.8, 4) is 0 Å². The van der Waals surface area contributed by atoms with Crippen molar-refractivity contribution in [3.63, 3.8) is 0 Å². The van der Waals surface area contributed by atoms with Crippen LogP contribution in [0, 0.1) is 0 Å². The zero-order valence-electron chi connectivity index (χ0n) is 9.50. The summed E-state index contributed by atoms with van der Waals surface area (Å²) in [6.45, 7) is 1.24. The van der Waals surface area contributed by atoms with E-state index in [1.165, 1.54) is 37.8 Å². The molecule has 0 saturated heterocycles. The van der Waals surface area contributed by atoms with E-state index in [1.807, 2.05) is 0 Å². The van der Waals surface area contributed by atoms with E-state index in [1.54, 1.807) is 0 Å². The Balaban J connectivity index is 1.97. The van der Waals surface area contributed by atoms with Gasteiger partial charge in [-0.2, -0.15) is 0 Å². The van der Waals surface area contributed by atoms with Crippen molar-refractivity contribution in [1.29, 1.82) is 0 Å². The zero-order chi connectivity index (χ0) is 11.0. The fraction of sp³-hybridized carbons (Fsp3) is 0.750. The molecule has 1 aromatic rings. The second-order valence-corrected chi connectivity index (χ2v) is 4.83. The summed E-state index contributed by atoms with van der Waals surface area (Å²) in [5, 5.41) is 3.01. The molecule has 4 heteroatoms. The second kappa shape index (κ2) is 4.09. The van der Waals surface area contributed by atoms with Crippen molar-refractivity contribution in [2.75, 3.05) is 6.61 Å². The predicted molar refractivity (Wildman–Crippen MR) is 60.5 cm³/mol. The minimum atomic E-state index is 0.0558. The van der Waals surface area contributed by atoms with Gasteiger partial charge in [0.15, 0.2) is 0 Å². The molecule has 1 N–H and O–H groups in total. The van der Waals surface area contributed by atoms with Crippen LogP contribution in [0.3, 0.4) is 0 Å². The minimum Gasteiger partial charge on any atom is -0.376 e. The topological polar surface area (TPSA) is 47.0 Å². The summed E-state index contributed by atoms with van der Waals surface area (Å²) in [6.07, 6.45) is 7.21. The molecule has 4 nitrogen and oxygen atoms in total. The first-order chi connectivity index (χ1) is 7.86. The molecule has 0 unspecified atom stereocenters. The molecule has 1 aliphatic carbocycles. The van der Waals surface area contributed by atoms with E-state index in [4.69, 9.17) is 4.74 Å². The monoisotopic (exact) mass is 222 g/mol. The molecular weight excluding hydrogens is 204 g/mol. The lowest BCUT2D eigenvalue weighted by Crippen LogP contribution is -2.20. The van der Waals surface area contributed by atoms with Gasteiger partial charge in [0.1, 0.15) is 0 Å². The molecule has 1 fully saturated rings. The molecule has 1 aliphatic heterocycles. The highest BCUT2D eigenvalue weighted by molar-refractivity contribution is 5.19. The van der Waals surface area contributed by atoms with Gasteiger partial charge in [-0.1, -0.05) is 19.3 Å². The van der Waals surface area contributed by atoms with Crippen molar-refractivity contribution < 1.29 is 4.74 Å². The first-order valence-corrected chi connectivity index (χ1v) is 6.26. The van der Waals surface area contributed by atoms with Gasteiger partial charge in [-0.15, -0.1) is 0 Å². The lowest BCUT2D eigenvalue weighted by molar-refractivity contribution is 0.107. The van der Waals surface area contributed by atoms with E-state index in [-0.39, 0.29) is 5.56 Å². The zero-order valence-corrected chi connectivity index (χ0v) is 9.50. The molecule has 3 rings (SSSR count). The Hall–Kier alpha value is -1.03. The minimum absolute atomic E-state index is 0.0558. The Morgan fingerprint density at radius 2 is 2.06 bits per heavy atom. The SMILES string of the molecule is O=c1[nH]n(C2CCCCC2)c2c1COCC2. The standard InChI is InChI=1S/C12H18N2O2/c15-12-10-8-16-7-6-11(10)14(13-12)9-4-2-1-3-5-9/h9H,1-8H2,(H,13,15). The maximum absolute atomic E-state index is 11.8. The van der Waals surface area contributed by atoms with Crippen molar-refractivity contribution >= 4 is 0 Å². The van der Waals surface area contributed by atoms with Crippen molar-refractivity contribution in [1.82, 2.24) is 9.78 Å². The summed E-state index contributed by atoms with van der Waals surface area (Å²) in [7, 11) is 0. The van der Waals surface area contributed by atoms with E-state index in [0.717, 1.165) is 18.6 Å². The maximum Gasteiger partial charge on any atom is 0.269 e. The molecule has 0 bridgehead atoms. The quantitative estimate of drug-likeness (QED) is 0.787. The van der Waals surface area contributed by atoms with Gasteiger partial charge < -0.3 is 4.74 Å². The fourth-order valence-corrected chi connectivity index (χ4v) is 2.93. The number of nitrogens with zero attached hydrogens (tertiary/aromatic N) is 1. The number of rotatable bonds is 1. The lowest BCUT2D eigenvalue weighted by Gasteiger charge is -2.25. The van der Waals surface area contributed by atoms with Crippen molar-refractivity contribution in [2.24, 2.45) is 0 Å². The van der Waals surface area contributed by atoms with Gasteiger partial charge in [-0.25, -0.2) is 0 Å². The van der Waals surface area contributed by atoms with Crippen LogP contribution in [0.25, 0.3) is 0 Å². The number of fused-ring (bicyclic) bond motifs is 1. The third kappa shape index (κ3) is 1.61. The van der Waals surface area contributed by atoms with Crippen LogP contribution in [0.15, 0.2) is 4.79 Å². The summed E-state index contributed by atoms with van der Waals surface area (Å²) in [5.74, 6) is 0. The Morgan fingerprint density at radius 1 is 1.25 bits per heavy atom. The Kier molecular flexibility index (Phi) is 2.59. The molecule has 0 amide bonds. The fourth-order valence-electron chi connectivity index (χ4n) is 2.93. The van der Waals surface area contributed by atoms with Crippen molar-refractivity contribution in [3.05, 3.63) is 21.6 Å². The number of hydrogen-bond donors (Lipinski definition) is 1. The van der Waals surface area contributed by atoms with Crippen LogP contribution in [-0.4, -0.2) is 16.4 Å². The van der Waals surface area contributed by atoms with Crippen LogP contribution in [0.2, 0.25) is 0 Å². The van der Waals surface area contributed by atoms with Gasteiger partial charge in [0.25, 0.3) is 5.56 Å². The molecule has 1 aromatic heterocycles. The first kappa shape index (κ1) is 10.1. The number of hydrogen-bond acceptors (Lipinski definition) is 2. The van der Waals surface area contributed by atoms with Gasteiger partial charge in [-0.05, 0) is 12.8 Å². The second-order valence-electron chi connectivity index (χ2n) is 4.83. The lowest BCUT2D eigenvalue weighted by atomic mass is 9.95. The van der Waals surface area contributed by atoms with E-state index >= 15 is 0 Å². The molecule has 0 radical (unpaired) electrons. The molecular formula is C12H18N2O2. The first-order valence-electron chi connectivity index (χ1n) is 6.26. The highest BCUT2D eigenvalue weighted by Crippen LogP contribution is 2.29. The van der Waals surface area contributed by atoms with Gasteiger partial charge in [0.2, 0.25) is 0 Å². The summed E-state index contributed by atoms with van der Waals surface area (Å²) >= 11 is 0. The van der Waals surface area contributed by atoms with Crippen LogP contribution in [0.5, 0.6) is 0 Å². The molecule has 0 spiro atoms. The normalized spacial score (nSPS) is 22.0. The summed E-state index contributed by atoms with van der Waals surface area (Å²) < 4.78 is 7.48. The summed E-state index contributed by atoms with van der Waals surface area (Å²) in [4.78, 5) is 11.8. The molecule has 16 heavy (non-hydrogen) atoms. The Labute approximate surface area is 94.6 Å². The van der Waals surface area contributed by atoms with Gasteiger partial charge in [0, 0.05) is 12.1 Å².